The van der Waals surface area contributed by atoms with Crippen molar-refractivity contribution in [2.45, 2.75) is 26.6 Å². The Morgan fingerprint density at radius 1 is 1.55 bits per heavy atom. The maximum absolute atomic E-state index is 5.30. The average molecular weight is 156 g/mol. The van der Waals surface area contributed by atoms with Crippen molar-refractivity contribution in [3.63, 3.8) is 0 Å². The maximum Gasteiger partial charge on any atom is 0.176 e. The van der Waals surface area contributed by atoms with Crippen LogP contribution in [0.15, 0.2) is 0 Å². The number of aromatic nitrogens is 4. The summed E-state index contributed by atoms with van der Waals surface area (Å²) in [5, 5.41) is 10.9. The van der Waals surface area contributed by atoms with Gasteiger partial charge in [0.15, 0.2) is 5.82 Å². The van der Waals surface area contributed by atoms with E-state index in [0.29, 0.717) is 6.61 Å². The van der Waals surface area contributed by atoms with E-state index >= 15 is 0 Å². The third-order valence-corrected chi connectivity index (χ3v) is 1.25. The molecule has 0 saturated heterocycles. The summed E-state index contributed by atoms with van der Waals surface area (Å²) in [5.74, 6) is 0.749. The minimum absolute atomic E-state index is 0.215. The molecule has 0 unspecified atom stereocenters. The highest BCUT2D eigenvalue weighted by Gasteiger charge is 2.02. The molecule has 0 amide bonds. The van der Waals surface area contributed by atoms with Gasteiger partial charge in [-0.05, 0) is 24.3 Å². The average Bonchev–Trinajstić information content (AvgIpc) is 2.31. The fraction of sp³-hybridized carbons (Fsp3) is 0.833. The molecule has 1 heterocycles. The number of hydrogen-bond acceptors (Lipinski definition) is 4. The monoisotopic (exact) mass is 156 g/mol. The highest BCUT2D eigenvalue weighted by Crippen LogP contribution is 1.95. The number of hydrogen-bond donors (Lipinski definition) is 0. The molecular weight excluding hydrogens is 144 g/mol. The summed E-state index contributed by atoms with van der Waals surface area (Å²) in [7, 11) is 1.79. The molecule has 0 atom stereocenters. The van der Waals surface area contributed by atoms with E-state index in [1.165, 1.54) is 0 Å². The van der Waals surface area contributed by atoms with E-state index in [-0.39, 0.29) is 6.10 Å². The number of tetrazole rings is 1. The zero-order valence-corrected chi connectivity index (χ0v) is 6.98. The van der Waals surface area contributed by atoms with Crippen LogP contribution in [0, 0.1) is 0 Å². The third-order valence-electron chi connectivity index (χ3n) is 1.25. The lowest BCUT2D eigenvalue weighted by molar-refractivity contribution is 0.0594. The lowest BCUT2D eigenvalue weighted by Gasteiger charge is -2.04. The largest absolute Gasteiger partial charge is 0.371 e. The van der Waals surface area contributed by atoms with Crippen molar-refractivity contribution in [3.05, 3.63) is 5.82 Å². The van der Waals surface area contributed by atoms with Crippen molar-refractivity contribution in [1.29, 1.82) is 0 Å². The van der Waals surface area contributed by atoms with Crippen LogP contribution in [0.5, 0.6) is 0 Å². The highest BCUT2D eigenvalue weighted by molar-refractivity contribution is 4.74. The minimum atomic E-state index is 0.215. The van der Waals surface area contributed by atoms with Crippen LogP contribution in [0.2, 0.25) is 0 Å². The predicted octanol–water partition coefficient (Wildman–Crippen LogP) is 0.135. The van der Waals surface area contributed by atoms with Crippen molar-refractivity contribution < 1.29 is 4.74 Å². The smallest absolute Gasteiger partial charge is 0.176 e. The van der Waals surface area contributed by atoms with Crippen molar-refractivity contribution >= 4 is 0 Å². The molecule has 0 bridgehead atoms. The molecule has 1 aromatic rings. The van der Waals surface area contributed by atoms with Crippen molar-refractivity contribution in [2.75, 3.05) is 0 Å². The lowest BCUT2D eigenvalue weighted by atomic mass is 10.5. The van der Waals surface area contributed by atoms with Gasteiger partial charge in [-0.15, -0.1) is 5.10 Å². The minimum Gasteiger partial charge on any atom is -0.371 e. The van der Waals surface area contributed by atoms with E-state index in [1.54, 1.807) is 11.7 Å². The molecule has 1 aromatic heterocycles. The Bertz CT molecular complexity index is 220. The van der Waals surface area contributed by atoms with Crippen LogP contribution in [-0.4, -0.2) is 26.3 Å². The van der Waals surface area contributed by atoms with Gasteiger partial charge in [0.25, 0.3) is 0 Å². The van der Waals surface area contributed by atoms with E-state index < -0.39 is 0 Å². The van der Waals surface area contributed by atoms with Gasteiger partial charge >= 0.3 is 0 Å². The maximum atomic E-state index is 5.30. The number of nitrogens with zero attached hydrogens (tertiary/aromatic N) is 4. The summed E-state index contributed by atoms with van der Waals surface area (Å²) >= 11 is 0. The summed E-state index contributed by atoms with van der Waals surface area (Å²) in [6.45, 7) is 4.43. The molecule has 5 nitrogen and oxygen atoms in total. The van der Waals surface area contributed by atoms with E-state index in [4.69, 9.17) is 4.74 Å². The first-order valence-corrected chi connectivity index (χ1v) is 3.53. The molecule has 11 heavy (non-hydrogen) atoms. The van der Waals surface area contributed by atoms with Gasteiger partial charge in [0, 0.05) is 7.05 Å². The van der Waals surface area contributed by atoms with Crippen molar-refractivity contribution in [2.24, 2.45) is 7.05 Å². The van der Waals surface area contributed by atoms with Gasteiger partial charge in [-0.1, -0.05) is 0 Å². The molecule has 0 saturated carbocycles. The zero-order valence-electron chi connectivity index (χ0n) is 6.98. The van der Waals surface area contributed by atoms with Gasteiger partial charge < -0.3 is 4.74 Å². The second kappa shape index (κ2) is 3.43. The molecule has 0 aromatic carbocycles. The number of ether oxygens (including phenoxy) is 1. The molecule has 62 valence electrons. The Labute approximate surface area is 65.4 Å². The molecule has 0 aliphatic carbocycles. The fourth-order valence-corrected chi connectivity index (χ4v) is 0.611. The lowest BCUT2D eigenvalue weighted by Crippen LogP contribution is -2.07. The van der Waals surface area contributed by atoms with E-state index in [2.05, 4.69) is 15.5 Å². The summed E-state index contributed by atoms with van der Waals surface area (Å²) in [6, 6.07) is 0. The molecule has 0 N–H and O–H groups in total. The van der Waals surface area contributed by atoms with Crippen LogP contribution in [0.3, 0.4) is 0 Å². The Balaban J connectivity index is 2.44. The quantitative estimate of drug-likeness (QED) is 0.624. The second-order valence-electron chi connectivity index (χ2n) is 2.58. The fourth-order valence-electron chi connectivity index (χ4n) is 0.611. The van der Waals surface area contributed by atoms with Gasteiger partial charge in [-0.2, -0.15) is 0 Å². The zero-order chi connectivity index (χ0) is 8.27. The molecule has 5 heteroatoms. The van der Waals surface area contributed by atoms with Crippen LogP contribution in [0.1, 0.15) is 19.7 Å². The first-order valence-electron chi connectivity index (χ1n) is 3.53. The first-order chi connectivity index (χ1) is 5.20. The Hall–Kier alpha value is -0.970. The Morgan fingerprint density at radius 3 is 2.73 bits per heavy atom. The Kier molecular flexibility index (Phi) is 2.53. The summed E-state index contributed by atoms with van der Waals surface area (Å²) in [6.07, 6.45) is 0.215. The summed E-state index contributed by atoms with van der Waals surface area (Å²) in [4.78, 5) is 0. The highest BCUT2D eigenvalue weighted by atomic mass is 16.5. The first kappa shape index (κ1) is 8.13. The van der Waals surface area contributed by atoms with Gasteiger partial charge in [0.05, 0.1) is 6.10 Å². The van der Waals surface area contributed by atoms with E-state index in [9.17, 15) is 0 Å². The normalized spacial score (nSPS) is 10.9. The van der Waals surface area contributed by atoms with Gasteiger partial charge in [-0.3, -0.25) is 0 Å². The van der Waals surface area contributed by atoms with Crippen LogP contribution in [-0.2, 0) is 18.4 Å². The molecule has 0 aliphatic rings. The van der Waals surface area contributed by atoms with Gasteiger partial charge in [-0.25, -0.2) is 4.68 Å². The van der Waals surface area contributed by atoms with Crippen LogP contribution < -0.4 is 0 Å². The molecule has 0 radical (unpaired) electrons. The number of rotatable bonds is 3. The Morgan fingerprint density at radius 2 is 2.27 bits per heavy atom. The second-order valence-corrected chi connectivity index (χ2v) is 2.58. The van der Waals surface area contributed by atoms with Crippen molar-refractivity contribution in [1.82, 2.24) is 20.2 Å². The van der Waals surface area contributed by atoms with E-state index in [0.717, 1.165) is 5.82 Å². The van der Waals surface area contributed by atoms with Gasteiger partial charge in [0.1, 0.15) is 6.61 Å². The topological polar surface area (TPSA) is 52.8 Å². The summed E-state index contributed by atoms with van der Waals surface area (Å²) < 4.78 is 6.90. The number of aryl methyl sites for hydroxylation is 1. The predicted molar refractivity (Wildman–Crippen MR) is 38.7 cm³/mol. The molecule has 0 spiro atoms. The summed E-state index contributed by atoms with van der Waals surface area (Å²) in [5.41, 5.74) is 0. The molecule has 1 rings (SSSR count). The third kappa shape index (κ3) is 2.27. The molecular formula is C6H12N4O. The standard InChI is InChI=1S/C6H12N4O/c1-5(2)11-4-6-7-8-9-10(6)3/h5H,4H2,1-3H3. The van der Waals surface area contributed by atoms with Crippen LogP contribution in [0.4, 0.5) is 0 Å². The van der Waals surface area contributed by atoms with Crippen LogP contribution in [0.25, 0.3) is 0 Å². The van der Waals surface area contributed by atoms with Crippen LogP contribution >= 0.6 is 0 Å². The molecule has 0 aliphatic heterocycles. The molecule has 0 fully saturated rings. The van der Waals surface area contributed by atoms with Crippen molar-refractivity contribution in [3.8, 4) is 0 Å². The van der Waals surface area contributed by atoms with E-state index in [1.807, 2.05) is 13.8 Å². The SMILES string of the molecule is CC(C)OCc1nnnn1C. The van der Waals surface area contributed by atoms with Gasteiger partial charge in [0.2, 0.25) is 0 Å².